The number of amides is 1. The molecule has 0 radical (unpaired) electrons. The number of piperidine rings is 1. The molecule has 0 spiro atoms. The molecule has 1 saturated heterocycles. The molecule has 0 aliphatic carbocycles. The van der Waals surface area contributed by atoms with Crippen LogP contribution in [0.3, 0.4) is 0 Å². The molecule has 7 heteroatoms. The fourth-order valence-electron chi connectivity index (χ4n) is 5.09. The van der Waals surface area contributed by atoms with E-state index in [1.54, 1.807) is 12.1 Å². The van der Waals surface area contributed by atoms with E-state index in [1.807, 2.05) is 48.3 Å². The Kier molecular flexibility index (Phi) is 6.79. The highest BCUT2D eigenvalue weighted by atomic mass is 35.5. The zero-order chi connectivity index (χ0) is 23.5. The van der Waals surface area contributed by atoms with Crippen LogP contribution < -0.4 is 9.47 Å². The Hall–Kier alpha value is -2.96. The Morgan fingerprint density at radius 1 is 1.06 bits per heavy atom. The molecule has 2 aromatic carbocycles. The molecule has 34 heavy (non-hydrogen) atoms. The van der Waals surface area contributed by atoms with E-state index in [0.717, 1.165) is 60.1 Å². The van der Waals surface area contributed by atoms with Gasteiger partial charge in [0.25, 0.3) is 5.91 Å². The Morgan fingerprint density at radius 2 is 1.85 bits per heavy atom. The summed E-state index contributed by atoms with van der Waals surface area (Å²) in [5.41, 5.74) is 2.22. The molecule has 1 atom stereocenters. The molecule has 0 N–H and O–H groups in total. The maximum absolute atomic E-state index is 13.1. The van der Waals surface area contributed by atoms with E-state index < -0.39 is 0 Å². The number of carbonyl (C=O) groups excluding carboxylic acids is 1. The van der Waals surface area contributed by atoms with Crippen molar-refractivity contribution < 1.29 is 18.7 Å². The lowest BCUT2D eigenvalue weighted by atomic mass is 9.84. The minimum absolute atomic E-state index is 0.0253. The number of halogens is 1. The maximum Gasteiger partial charge on any atom is 0.289 e. The summed E-state index contributed by atoms with van der Waals surface area (Å²) in [7, 11) is 1.88. The summed E-state index contributed by atoms with van der Waals surface area (Å²) in [6, 6.07) is 17.5. The minimum atomic E-state index is -0.0959. The van der Waals surface area contributed by atoms with Crippen LogP contribution in [0.15, 0.2) is 65.3 Å². The van der Waals surface area contributed by atoms with Crippen molar-refractivity contribution in [2.75, 3.05) is 26.9 Å². The SMILES string of the molecule is CN(C(=O)c1ccco1)[C@@H](Cc1ccccc1Cl)C1CCN(Cc2cccc3c2OCO3)CC1. The van der Waals surface area contributed by atoms with Gasteiger partial charge in [-0.1, -0.05) is 41.9 Å². The molecule has 3 heterocycles. The number of ether oxygens (including phenoxy) is 2. The van der Waals surface area contributed by atoms with Gasteiger partial charge in [0, 0.05) is 30.2 Å². The molecular formula is C27H29ClN2O4. The van der Waals surface area contributed by atoms with Crippen molar-refractivity contribution in [1.82, 2.24) is 9.80 Å². The minimum Gasteiger partial charge on any atom is -0.459 e. The van der Waals surface area contributed by atoms with Gasteiger partial charge in [0.2, 0.25) is 6.79 Å². The van der Waals surface area contributed by atoms with Gasteiger partial charge in [0.05, 0.1) is 6.26 Å². The fourth-order valence-corrected chi connectivity index (χ4v) is 5.30. The van der Waals surface area contributed by atoms with Crippen LogP contribution in [0, 0.1) is 5.92 Å². The first kappa shape index (κ1) is 22.8. The highest BCUT2D eigenvalue weighted by Crippen LogP contribution is 2.37. The number of furan rings is 1. The number of para-hydroxylation sites is 1. The molecule has 2 aliphatic heterocycles. The first-order valence-corrected chi connectivity index (χ1v) is 12.1. The van der Waals surface area contributed by atoms with Gasteiger partial charge in [-0.2, -0.15) is 0 Å². The standard InChI is InChI=1S/C27H29ClN2O4/c1-29(27(31)25-10-5-15-32-25)23(16-20-6-2-3-8-22(20)28)19-11-13-30(14-12-19)17-21-7-4-9-24-26(21)34-18-33-24/h2-10,15,19,23H,11-14,16-18H2,1H3/t23-/m0/s1. The molecule has 1 amide bonds. The van der Waals surface area contributed by atoms with Gasteiger partial charge in [-0.25, -0.2) is 0 Å². The average molecular weight is 481 g/mol. The number of rotatable bonds is 7. The largest absolute Gasteiger partial charge is 0.459 e. The first-order chi connectivity index (χ1) is 16.6. The highest BCUT2D eigenvalue weighted by Gasteiger charge is 2.33. The van der Waals surface area contributed by atoms with Crippen molar-refractivity contribution >= 4 is 17.5 Å². The van der Waals surface area contributed by atoms with Crippen LogP contribution in [0.4, 0.5) is 0 Å². The van der Waals surface area contributed by atoms with Crippen molar-refractivity contribution in [2.24, 2.45) is 5.92 Å². The zero-order valence-corrected chi connectivity index (χ0v) is 20.0. The molecule has 0 saturated carbocycles. The predicted molar refractivity (Wildman–Crippen MR) is 130 cm³/mol. The lowest BCUT2D eigenvalue weighted by molar-refractivity contribution is 0.0555. The summed E-state index contributed by atoms with van der Waals surface area (Å²) < 4.78 is 16.6. The van der Waals surface area contributed by atoms with Gasteiger partial charge >= 0.3 is 0 Å². The van der Waals surface area contributed by atoms with Crippen LogP contribution in [-0.2, 0) is 13.0 Å². The number of likely N-dealkylation sites (tertiary alicyclic amines) is 1. The number of benzene rings is 2. The number of nitrogens with zero attached hydrogens (tertiary/aromatic N) is 2. The van der Waals surface area contributed by atoms with Crippen molar-refractivity contribution in [3.8, 4) is 11.5 Å². The molecule has 6 nitrogen and oxygen atoms in total. The van der Waals surface area contributed by atoms with Gasteiger partial charge < -0.3 is 18.8 Å². The topological polar surface area (TPSA) is 55.2 Å². The second-order valence-electron chi connectivity index (χ2n) is 9.02. The summed E-state index contributed by atoms with van der Waals surface area (Å²) in [5, 5.41) is 0.740. The molecule has 0 unspecified atom stereocenters. The van der Waals surface area contributed by atoms with Crippen molar-refractivity contribution in [3.05, 3.63) is 82.8 Å². The van der Waals surface area contributed by atoms with E-state index in [1.165, 1.54) is 6.26 Å². The average Bonchev–Trinajstić information content (AvgIpc) is 3.56. The van der Waals surface area contributed by atoms with E-state index >= 15 is 0 Å². The molecule has 0 bridgehead atoms. The van der Waals surface area contributed by atoms with Gasteiger partial charge in [0.1, 0.15) is 0 Å². The third-order valence-electron chi connectivity index (χ3n) is 6.99. The van der Waals surface area contributed by atoms with Crippen LogP contribution in [0.2, 0.25) is 5.02 Å². The van der Waals surface area contributed by atoms with Gasteiger partial charge in [-0.3, -0.25) is 9.69 Å². The van der Waals surface area contributed by atoms with Crippen LogP contribution in [0.25, 0.3) is 0 Å². The lowest BCUT2D eigenvalue weighted by Crippen LogP contribution is -2.47. The van der Waals surface area contributed by atoms with E-state index in [9.17, 15) is 4.79 Å². The quantitative estimate of drug-likeness (QED) is 0.462. The van der Waals surface area contributed by atoms with E-state index in [4.69, 9.17) is 25.5 Å². The Labute approximate surface area is 205 Å². The Balaban J connectivity index is 1.29. The van der Waals surface area contributed by atoms with Crippen molar-refractivity contribution in [1.29, 1.82) is 0 Å². The predicted octanol–water partition coefficient (Wildman–Crippen LogP) is 5.26. The van der Waals surface area contributed by atoms with Crippen molar-refractivity contribution in [2.45, 2.75) is 31.8 Å². The zero-order valence-electron chi connectivity index (χ0n) is 19.3. The highest BCUT2D eigenvalue weighted by molar-refractivity contribution is 6.31. The molecule has 2 aliphatic rings. The molecule has 5 rings (SSSR count). The van der Waals surface area contributed by atoms with E-state index in [-0.39, 0.29) is 18.7 Å². The van der Waals surface area contributed by atoms with E-state index in [0.29, 0.717) is 18.1 Å². The second-order valence-corrected chi connectivity index (χ2v) is 9.43. The smallest absolute Gasteiger partial charge is 0.289 e. The van der Waals surface area contributed by atoms with Crippen LogP contribution in [0.5, 0.6) is 11.5 Å². The lowest BCUT2D eigenvalue weighted by Gasteiger charge is -2.40. The van der Waals surface area contributed by atoms with Crippen LogP contribution >= 0.6 is 11.6 Å². The first-order valence-electron chi connectivity index (χ1n) is 11.7. The third kappa shape index (κ3) is 4.79. The Morgan fingerprint density at radius 3 is 2.62 bits per heavy atom. The normalized spacial score (nSPS) is 17.0. The van der Waals surface area contributed by atoms with Gasteiger partial charge in [-0.05, 0) is 68.1 Å². The second kappa shape index (κ2) is 10.1. The number of carbonyl (C=O) groups is 1. The van der Waals surface area contributed by atoms with Crippen LogP contribution in [-0.4, -0.2) is 48.7 Å². The maximum atomic E-state index is 13.1. The number of hydrogen-bond donors (Lipinski definition) is 0. The van der Waals surface area contributed by atoms with Crippen LogP contribution in [0.1, 0.15) is 34.5 Å². The molecule has 3 aromatic rings. The molecule has 1 fully saturated rings. The number of hydrogen-bond acceptors (Lipinski definition) is 5. The number of likely N-dealkylation sites (N-methyl/N-ethyl adjacent to an activating group) is 1. The number of fused-ring (bicyclic) bond motifs is 1. The summed E-state index contributed by atoms with van der Waals surface area (Å²) in [6.45, 7) is 3.03. The third-order valence-corrected chi connectivity index (χ3v) is 7.35. The molecule has 178 valence electrons. The van der Waals surface area contributed by atoms with Gasteiger partial charge in [-0.15, -0.1) is 0 Å². The summed E-state index contributed by atoms with van der Waals surface area (Å²) >= 11 is 6.50. The summed E-state index contributed by atoms with van der Waals surface area (Å²) in [6.07, 6.45) is 4.25. The van der Waals surface area contributed by atoms with E-state index in [2.05, 4.69) is 11.0 Å². The van der Waals surface area contributed by atoms with Crippen molar-refractivity contribution in [3.63, 3.8) is 0 Å². The summed E-state index contributed by atoms with van der Waals surface area (Å²) in [5.74, 6) is 2.32. The summed E-state index contributed by atoms with van der Waals surface area (Å²) in [4.78, 5) is 17.4. The monoisotopic (exact) mass is 480 g/mol. The molecule has 1 aromatic heterocycles. The van der Waals surface area contributed by atoms with Gasteiger partial charge in [0.15, 0.2) is 17.3 Å². The Bertz CT molecular complexity index is 1130. The molecular weight excluding hydrogens is 452 g/mol. The fraction of sp³-hybridized carbons (Fsp3) is 0.370.